The molecule has 0 aliphatic heterocycles. The minimum Gasteiger partial charge on any atom is -0.301 e. The van der Waals surface area contributed by atoms with Gasteiger partial charge in [0, 0.05) is 35.3 Å². The molecule has 4 nitrogen and oxygen atoms in total. The van der Waals surface area contributed by atoms with Crippen LogP contribution in [0.15, 0.2) is 0 Å². The molecular formula is C9H17N3OS2. The van der Waals surface area contributed by atoms with Gasteiger partial charge in [-0.15, -0.1) is 0 Å². The summed E-state index contributed by atoms with van der Waals surface area (Å²) >= 11 is 5.16. The summed E-state index contributed by atoms with van der Waals surface area (Å²) in [5.41, 5.74) is 0. The molecule has 0 bridgehead atoms. The molecule has 1 aromatic rings. The first-order chi connectivity index (χ1) is 7.06. The third-order valence-electron chi connectivity index (χ3n) is 2.36. The van der Waals surface area contributed by atoms with Crippen molar-refractivity contribution in [2.24, 2.45) is 0 Å². The van der Waals surface area contributed by atoms with Crippen molar-refractivity contribution in [3.05, 3.63) is 10.6 Å². The summed E-state index contributed by atoms with van der Waals surface area (Å²) in [6.45, 7) is 4.13. The van der Waals surface area contributed by atoms with Crippen molar-refractivity contribution in [1.82, 2.24) is 14.8 Å². The standard InChI is InChI=1S/C9H17N3OS2/c1-4-8-10-11-9(14)12(8)7(2)5-6-15(3)13/h7H,4-6H2,1-3H3,(H,11,14). The number of H-pyrrole nitrogens is 1. The number of rotatable bonds is 5. The maximum Gasteiger partial charge on any atom is 0.195 e. The summed E-state index contributed by atoms with van der Waals surface area (Å²) in [7, 11) is -0.741. The van der Waals surface area contributed by atoms with Crippen LogP contribution < -0.4 is 0 Å². The maximum atomic E-state index is 11.0. The molecule has 0 saturated heterocycles. The Labute approximate surface area is 97.5 Å². The number of nitrogens with one attached hydrogen (secondary N) is 1. The van der Waals surface area contributed by atoms with Crippen LogP contribution in [0, 0.1) is 4.77 Å². The van der Waals surface area contributed by atoms with E-state index in [0.717, 1.165) is 18.7 Å². The van der Waals surface area contributed by atoms with Crippen molar-refractivity contribution >= 4 is 23.0 Å². The van der Waals surface area contributed by atoms with E-state index in [0.29, 0.717) is 10.5 Å². The fourth-order valence-electron chi connectivity index (χ4n) is 1.51. The van der Waals surface area contributed by atoms with E-state index >= 15 is 0 Å². The van der Waals surface area contributed by atoms with Gasteiger partial charge in [0.05, 0.1) is 0 Å². The number of aromatic nitrogens is 3. The highest BCUT2D eigenvalue weighted by molar-refractivity contribution is 7.84. The molecule has 1 N–H and O–H groups in total. The topological polar surface area (TPSA) is 50.7 Å². The maximum absolute atomic E-state index is 11.0. The second-order valence-corrected chi connectivity index (χ2v) is 5.52. The molecule has 2 unspecified atom stereocenters. The number of nitrogens with zero attached hydrogens (tertiary/aromatic N) is 2. The first kappa shape index (κ1) is 12.6. The van der Waals surface area contributed by atoms with Crippen LogP contribution in [0.1, 0.15) is 32.1 Å². The van der Waals surface area contributed by atoms with Crippen LogP contribution in [0.4, 0.5) is 0 Å². The average molecular weight is 247 g/mol. The fraction of sp³-hybridized carbons (Fsp3) is 0.778. The Kier molecular flexibility index (Phi) is 4.66. The molecule has 0 radical (unpaired) electrons. The summed E-state index contributed by atoms with van der Waals surface area (Å²) in [6, 6.07) is 0.259. The summed E-state index contributed by atoms with van der Waals surface area (Å²) in [5, 5.41) is 6.95. The van der Waals surface area contributed by atoms with Gasteiger partial charge in [-0.1, -0.05) is 6.92 Å². The highest BCUT2D eigenvalue weighted by Gasteiger charge is 2.11. The molecule has 1 heterocycles. The summed E-state index contributed by atoms with van der Waals surface area (Å²) < 4.78 is 13.7. The number of hydrogen-bond acceptors (Lipinski definition) is 3. The smallest absolute Gasteiger partial charge is 0.195 e. The highest BCUT2D eigenvalue weighted by atomic mass is 32.2. The Balaban J connectivity index is 2.80. The van der Waals surface area contributed by atoms with Crippen molar-refractivity contribution in [1.29, 1.82) is 0 Å². The lowest BCUT2D eigenvalue weighted by molar-refractivity contribution is 0.506. The average Bonchev–Trinajstić information content (AvgIpc) is 2.56. The zero-order valence-electron chi connectivity index (χ0n) is 9.32. The van der Waals surface area contributed by atoms with E-state index < -0.39 is 10.8 Å². The van der Waals surface area contributed by atoms with E-state index in [1.807, 2.05) is 11.5 Å². The van der Waals surface area contributed by atoms with E-state index in [-0.39, 0.29) is 6.04 Å². The van der Waals surface area contributed by atoms with Gasteiger partial charge in [0.25, 0.3) is 0 Å². The Morgan fingerprint density at radius 2 is 2.33 bits per heavy atom. The van der Waals surface area contributed by atoms with E-state index in [9.17, 15) is 4.21 Å². The van der Waals surface area contributed by atoms with Gasteiger partial charge in [0.2, 0.25) is 0 Å². The predicted octanol–water partition coefficient (Wildman–Crippen LogP) is 1.83. The third-order valence-corrected chi connectivity index (χ3v) is 3.46. The Bertz CT molecular complexity index is 396. The SMILES string of the molecule is CCc1n[nH]c(=S)n1C(C)CCS(C)=O. The normalized spacial score (nSPS) is 15.1. The van der Waals surface area contributed by atoms with E-state index in [4.69, 9.17) is 12.2 Å². The molecular weight excluding hydrogens is 230 g/mol. The molecule has 0 saturated carbocycles. The monoisotopic (exact) mass is 247 g/mol. The molecule has 0 fully saturated rings. The molecule has 0 aliphatic rings. The number of hydrogen-bond donors (Lipinski definition) is 1. The van der Waals surface area contributed by atoms with Crippen molar-refractivity contribution < 1.29 is 4.21 Å². The van der Waals surface area contributed by atoms with Crippen LogP contribution in [0.3, 0.4) is 0 Å². The van der Waals surface area contributed by atoms with Crippen LogP contribution in [0.5, 0.6) is 0 Å². The zero-order chi connectivity index (χ0) is 11.4. The Morgan fingerprint density at radius 1 is 1.67 bits per heavy atom. The van der Waals surface area contributed by atoms with Gasteiger partial charge in [-0.05, 0) is 25.6 Å². The Hall–Kier alpha value is -0.490. The molecule has 1 rings (SSSR count). The summed E-state index contributed by atoms with van der Waals surface area (Å²) in [5.74, 6) is 1.67. The first-order valence-electron chi connectivity index (χ1n) is 5.02. The predicted molar refractivity (Wildman–Crippen MR) is 65.1 cm³/mol. The van der Waals surface area contributed by atoms with Gasteiger partial charge in [-0.3, -0.25) is 9.31 Å². The number of aromatic amines is 1. The van der Waals surface area contributed by atoms with Crippen molar-refractivity contribution in [2.45, 2.75) is 32.7 Å². The highest BCUT2D eigenvalue weighted by Crippen LogP contribution is 2.14. The summed E-state index contributed by atoms with van der Waals surface area (Å²) in [4.78, 5) is 0. The van der Waals surface area contributed by atoms with Crippen LogP contribution in [0.25, 0.3) is 0 Å². The Morgan fingerprint density at radius 3 is 2.87 bits per heavy atom. The van der Waals surface area contributed by atoms with Crippen LogP contribution in [-0.2, 0) is 17.2 Å². The van der Waals surface area contributed by atoms with Crippen molar-refractivity contribution in [3.63, 3.8) is 0 Å². The first-order valence-corrected chi connectivity index (χ1v) is 7.15. The molecule has 0 amide bonds. The molecule has 1 aromatic heterocycles. The lowest BCUT2D eigenvalue weighted by atomic mass is 10.2. The molecule has 0 aromatic carbocycles. The summed E-state index contributed by atoms with van der Waals surface area (Å²) in [6.07, 6.45) is 3.44. The van der Waals surface area contributed by atoms with Gasteiger partial charge in [-0.2, -0.15) is 5.10 Å². The minimum atomic E-state index is -0.741. The van der Waals surface area contributed by atoms with Crippen LogP contribution >= 0.6 is 12.2 Å². The molecule has 2 atom stereocenters. The minimum absolute atomic E-state index is 0.259. The third kappa shape index (κ3) is 3.24. The zero-order valence-corrected chi connectivity index (χ0v) is 11.0. The second-order valence-electron chi connectivity index (χ2n) is 3.58. The van der Waals surface area contributed by atoms with Gasteiger partial charge in [0.15, 0.2) is 4.77 Å². The molecule has 86 valence electrons. The van der Waals surface area contributed by atoms with E-state index in [1.165, 1.54) is 0 Å². The van der Waals surface area contributed by atoms with Crippen molar-refractivity contribution in [3.8, 4) is 0 Å². The fourth-order valence-corrected chi connectivity index (χ4v) is 2.51. The lowest BCUT2D eigenvalue weighted by Gasteiger charge is -2.14. The van der Waals surface area contributed by atoms with Gasteiger partial charge >= 0.3 is 0 Å². The van der Waals surface area contributed by atoms with Gasteiger partial charge in [0.1, 0.15) is 5.82 Å². The second kappa shape index (κ2) is 5.55. The quantitative estimate of drug-likeness (QED) is 0.808. The van der Waals surface area contributed by atoms with E-state index in [2.05, 4.69) is 17.1 Å². The number of aryl methyl sites for hydroxylation is 1. The van der Waals surface area contributed by atoms with Crippen LogP contribution in [-0.4, -0.2) is 31.0 Å². The molecule has 6 heteroatoms. The van der Waals surface area contributed by atoms with Crippen molar-refractivity contribution in [2.75, 3.05) is 12.0 Å². The molecule has 0 spiro atoms. The molecule has 0 aliphatic carbocycles. The van der Waals surface area contributed by atoms with Gasteiger partial charge in [-0.25, -0.2) is 0 Å². The van der Waals surface area contributed by atoms with Crippen LogP contribution in [0.2, 0.25) is 0 Å². The molecule has 15 heavy (non-hydrogen) atoms. The van der Waals surface area contributed by atoms with E-state index in [1.54, 1.807) is 6.26 Å². The lowest BCUT2D eigenvalue weighted by Crippen LogP contribution is -2.12. The largest absolute Gasteiger partial charge is 0.301 e. The van der Waals surface area contributed by atoms with Gasteiger partial charge < -0.3 is 4.57 Å².